The number of hydrogen-bond donors (Lipinski definition) is 3. The average Bonchev–Trinajstić information content (AvgIpc) is 2.89. The first-order valence-electron chi connectivity index (χ1n) is 7.25. The van der Waals surface area contributed by atoms with Crippen LogP contribution in [-0.2, 0) is 4.79 Å². The smallest absolute Gasteiger partial charge is 0.261 e. The molecule has 0 saturated heterocycles. The predicted octanol–water partition coefficient (Wildman–Crippen LogP) is 2.38. The van der Waals surface area contributed by atoms with Crippen molar-refractivity contribution in [3.63, 3.8) is 0 Å². The van der Waals surface area contributed by atoms with E-state index in [-0.39, 0.29) is 18.4 Å². The second kappa shape index (κ2) is 6.58. The predicted molar refractivity (Wildman–Crippen MR) is 83.5 cm³/mol. The summed E-state index contributed by atoms with van der Waals surface area (Å²) in [6.07, 6.45) is 3.64. The summed E-state index contributed by atoms with van der Waals surface area (Å²) < 4.78 is 0. The fourth-order valence-electron chi connectivity index (χ4n) is 2.64. The van der Waals surface area contributed by atoms with E-state index in [1.165, 1.54) is 18.3 Å². The van der Waals surface area contributed by atoms with E-state index in [4.69, 9.17) is 0 Å². The molecule has 1 saturated carbocycles. The molecule has 1 aliphatic rings. The van der Waals surface area contributed by atoms with Crippen molar-refractivity contribution in [2.45, 2.75) is 45.1 Å². The minimum absolute atomic E-state index is 0.0324. The normalized spacial score (nSPS) is 25.4. The van der Waals surface area contributed by atoms with Gasteiger partial charge >= 0.3 is 0 Å². The third-order valence-electron chi connectivity index (χ3n) is 4.04. The largest absolute Gasteiger partial charge is 0.394 e. The molecule has 116 valence electrons. The minimum atomic E-state index is -0.498. The highest BCUT2D eigenvalue weighted by Gasteiger charge is 2.35. The van der Waals surface area contributed by atoms with Gasteiger partial charge in [0, 0.05) is 6.92 Å². The molecule has 0 atom stereocenters. The second-order valence-electron chi connectivity index (χ2n) is 5.92. The molecule has 0 bridgehead atoms. The van der Waals surface area contributed by atoms with Gasteiger partial charge in [-0.05, 0) is 43.7 Å². The number of aliphatic hydroxyl groups is 1. The highest BCUT2D eigenvalue weighted by atomic mass is 32.1. The van der Waals surface area contributed by atoms with Crippen molar-refractivity contribution < 1.29 is 14.7 Å². The topological polar surface area (TPSA) is 78.4 Å². The van der Waals surface area contributed by atoms with Crippen molar-refractivity contribution in [1.82, 2.24) is 5.32 Å². The lowest BCUT2D eigenvalue weighted by atomic mass is 9.77. The van der Waals surface area contributed by atoms with Gasteiger partial charge in [0.2, 0.25) is 5.91 Å². The zero-order chi connectivity index (χ0) is 15.5. The number of carbonyl (C=O) groups is 2. The number of hydrogen-bond acceptors (Lipinski definition) is 4. The van der Waals surface area contributed by atoms with E-state index in [0.29, 0.717) is 15.8 Å². The Morgan fingerprint density at radius 1 is 1.38 bits per heavy atom. The lowest BCUT2D eigenvalue weighted by molar-refractivity contribution is -0.114. The number of nitrogens with one attached hydrogen (secondary N) is 2. The second-order valence-corrected chi connectivity index (χ2v) is 7.00. The molecule has 3 N–H and O–H groups in total. The molecule has 2 rings (SSSR count). The first-order chi connectivity index (χ1) is 9.94. The molecular weight excluding hydrogens is 288 g/mol. The maximum atomic E-state index is 12.3. The van der Waals surface area contributed by atoms with Gasteiger partial charge in [-0.15, -0.1) is 11.3 Å². The van der Waals surface area contributed by atoms with Gasteiger partial charge in [0.25, 0.3) is 5.91 Å². The molecular formula is C15H22N2O3S. The van der Waals surface area contributed by atoms with Gasteiger partial charge in [0.15, 0.2) is 0 Å². The van der Waals surface area contributed by atoms with E-state index in [1.807, 2.05) is 0 Å². The van der Waals surface area contributed by atoms with Gasteiger partial charge in [-0.25, -0.2) is 0 Å². The maximum Gasteiger partial charge on any atom is 0.261 e. The van der Waals surface area contributed by atoms with Crippen molar-refractivity contribution in [1.29, 1.82) is 0 Å². The number of thiophene rings is 1. The Labute approximate surface area is 128 Å². The lowest BCUT2D eigenvalue weighted by Crippen LogP contribution is -2.53. The quantitative estimate of drug-likeness (QED) is 0.799. The van der Waals surface area contributed by atoms with Crippen LogP contribution in [-0.4, -0.2) is 29.1 Å². The fraction of sp³-hybridized carbons (Fsp3) is 0.600. The van der Waals surface area contributed by atoms with Crippen LogP contribution in [0.4, 0.5) is 5.00 Å². The highest BCUT2D eigenvalue weighted by Crippen LogP contribution is 2.32. The Balaban J connectivity index is 2.02. The van der Waals surface area contributed by atoms with Crippen LogP contribution in [0.15, 0.2) is 12.1 Å². The van der Waals surface area contributed by atoms with Crippen LogP contribution in [0.25, 0.3) is 0 Å². The van der Waals surface area contributed by atoms with Gasteiger partial charge in [0.1, 0.15) is 0 Å². The molecule has 1 heterocycles. The highest BCUT2D eigenvalue weighted by molar-refractivity contribution is 7.18. The van der Waals surface area contributed by atoms with E-state index in [9.17, 15) is 14.7 Å². The summed E-state index contributed by atoms with van der Waals surface area (Å²) in [4.78, 5) is 23.9. The molecule has 6 heteroatoms. The molecule has 1 fully saturated rings. The molecule has 1 aromatic heterocycles. The third-order valence-corrected chi connectivity index (χ3v) is 5.04. The molecule has 0 unspecified atom stereocenters. The van der Waals surface area contributed by atoms with Gasteiger partial charge < -0.3 is 15.7 Å². The summed E-state index contributed by atoms with van der Waals surface area (Å²) in [5.41, 5.74) is -0.498. The zero-order valence-electron chi connectivity index (χ0n) is 12.4. The van der Waals surface area contributed by atoms with E-state index in [1.54, 1.807) is 12.1 Å². The summed E-state index contributed by atoms with van der Waals surface area (Å²) in [6.45, 7) is 3.60. The number of rotatable bonds is 4. The third kappa shape index (κ3) is 4.04. The number of anilines is 1. The van der Waals surface area contributed by atoms with Gasteiger partial charge in [-0.1, -0.05) is 6.92 Å². The number of amides is 2. The molecule has 0 aromatic carbocycles. The van der Waals surface area contributed by atoms with Crippen LogP contribution < -0.4 is 10.6 Å². The van der Waals surface area contributed by atoms with Gasteiger partial charge in [0.05, 0.1) is 22.0 Å². The first-order valence-corrected chi connectivity index (χ1v) is 8.06. The molecule has 1 aromatic rings. The first kappa shape index (κ1) is 16.0. The van der Waals surface area contributed by atoms with Crippen LogP contribution in [0.1, 0.15) is 49.2 Å². The van der Waals surface area contributed by atoms with Gasteiger partial charge in [-0.3, -0.25) is 9.59 Å². The molecule has 0 aliphatic heterocycles. The van der Waals surface area contributed by atoms with Crippen molar-refractivity contribution in [2.24, 2.45) is 5.92 Å². The average molecular weight is 310 g/mol. The Morgan fingerprint density at radius 2 is 2.05 bits per heavy atom. The van der Waals surface area contributed by atoms with E-state index >= 15 is 0 Å². The van der Waals surface area contributed by atoms with Crippen molar-refractivity contribution in [3.05, 3.63) is 17.0 Å². The number of aliphatic hydroxyl groups excluding tert-OH is 1. The molecule has 2 amide bonds. The molecule has 5 nitrogen and oxygen atoms in total. The minimum Gasteiger partial charge on any atom is -0.394 e. The summed E-state index contributed by atoms with van der Waals surface area (Å²) in [6, 6.07) is 3.41. The van der Waals surface area contributed by atoms with Crippen molar-refractivity contribution in [3.8, 4) is 0 Å². The van der Waals surface area contributed by atoms with Gasteiger partial charge in [-0.2, -0.15) is 0 Å². The summed E-state index contributed by atoms with van der Waals surface area (Å²) in [7, 11) is 0. The lowest BCUT2D eigenvalue weighted by Gasteiger charge is -2.38. The van der Waals surface area contributed by atoms with Crippen molar-refractivity contribution in [2.75, 3.05) is 11.9 Å². The SMILES string of the molecule is CC(=O)Nc1ccc(C(=O)NC2(CO)CCC(C)CC2)s1. The summed E-state index contributed by atoms with van der Waals surface area (Å²) in [5.74, 6) is 0.312. The molecule has 1 aliphatic carbocycles. The maximum absolute atomic E-state index is 12.3. The van der Waals surface area contributed by atoms with E-state index in [0.717, 1.165) is 25.7 Å². The Morgan fingerprint density at radius 3 is 2.62 bits per heavy atom. The summed E-state index contributed by atoms with van der Waals surface area (Å²) >= 11 is 1.24. The van der Waals surface area contributed by atoms with E-state index < -0.39 is 5.54 Å². The fourth-order valence-corrected chi connectivity index (χ4v) is 3.49. The van der Waals surface area contributed by atoms with Crippen LogP contribution >= 0.6 is 11.3 Å². The molecule has 21 heavy (non-hydrogen) atoms. The van der Waals surface area contributed by atoms with E-state index in [2.05, 4.69) is 17.6 Å². The van der Waals surface area contributed by atoms with Crippen LogP contribution in [0.2, 0.25) is 0 Å². The number of carbonyl (C=O) groups excluding carboxylic acids is 2. The Bertz CT molecular complexity index is 519. The van der Waals surface area contributed by atoms with Crippen LogP contribution in [0, 0.1) is 5.92 Å². The standard InChI is InChI=1S/C15H22N2O3S/c1-10-5-7-15(9-18,8-6-10)17-14(20)12-3-4-13(21-12)16-11(2)19/h3-4,10,18H,5-9H2,1-2H3,(H,16,19)(H,17,20). The zero-order valence-corrected chi connectivity index (χ0v) is 13.3. The van der Waals surface area contributed by atoms with Crippen LogP contribution in [0.5, 0.6) is 0 Å². The monoisotopic (exact) mass is 310 g/mol. The van der Waals surface area contributed by atoms with Crippen molar-refractivity contribution >= 4 is 28.2 Å². The van der Waals surface area contributed by atoms with Crippen LogP contribution in [0.3, 0.4) is 0 Å². The summed E-state index contributed by atoms with van der Waals surface area (Å²) in [5, 5.41) is 16.0. The molecule has 0 spiro atoms. The Hall–Kier alpha value is -1.40. The Kier molecular flexibility index (Phi) is 5.00. The molecule has 0 radical (unpaired) electrons.